The van der Waals surface area contributed by atoms with Gasteiger partial charge in [-0.3, -0.25) is 4.55 Å². The van der Waals surface area contributed by atoms with Crippen molar-refractivity contribution >= 4 is 10.1 Å². The van der Waals surface area contributed by atoms with Crippen LogP contribution < -0.4 is 0 Å². The number of unbranched alkanes of at least 4 members (excludes halogenated alkanes) is 12. The zero-order valence-electron chi connectivity index (χ0n) is 17.3. The fourth-order valence-corrected chi connectivity index (χ4v) is 4.38. The Balaban J connectivity index is 3.40. The molecule has 0 aliphatic carbocycles. The minimum atomic E-state index is -3.87. The standard InChI is InChI=1S/C21H44O4S/c1-3-4-18-21(26(23,24)25)19-16-14-12-10-8-6-5-7-9-11-13-15-17-20(2)22/h20-22H,3-19H2,1-2H3,(H,23,24,25). The van der Waals surface area contributed by atoms with Crippen LogP contribution in [0.1, 0.15) is 123 Å². The second kappa shape index (κ2) is 17.0. The molecule has 0 aromatic carbocycles. The van der Waals surface area contributed by atoms with Crippen molar-refractivity contribution in [2.24, 2.45) is 0 Å². The summed E-state index contributed by atoms with van der Waals surface area (Å²) in [6.45, 7) is 3.90. The van der Waals surface area contributed by atoms with Crippen LogP contribution in [0.5, 0.6) is 0 Å². The average molecular weight is 393 g/mol. The highest BCUT2D eigenvalue weighted by Crippen LogP contribution is 2.18. The van der Waals surface area contributed by atoms with Gasteiger partial charge in [0, 0.05) is 0 Å². The summed E-state index contributed by atoms with van der Waals surface area (Å²) in [5.41, 5.74) is 0. The van der Waals surface area contributed by atoms with Crippen LogP contribution in [0.4, 0.5) is 0 Å². The fraction of sp³-hybridized carbons (Fsp3) is 1.00. The Labute approximate surface area is 162 Å². The molecule has 26 heavy (non-hydrogen) atoms. The Hall–Kier alpha value is -0.130. The lowest BCUT2D eigenvalue weighted by atomic mass is 10.0. The van der Waals surface area contributed by atoms with Gasteiger partial charge in [0.25, 0.3) is 10.1 Å². The van der Waals surface area contributed by atoms with Crippen LogP contribution in [0.3, 0.4) is 0 Å². The predicted molar refractivity (Wildman–Crippen MR) is 111 cm³/mol. The molecule has 0 saturated carbocycles. The quantitative estimate of drug-likeness (QED) is 0.200. The van der Waals surface area contributed by atoms with Crippen molar-refractivity contribution in [2.75, 3.05) is 0 Å². The maximum atomic E-state index is 11.4. The molecule has 0 radical (unpaired) electrons. The van der Waals surface area contributed by atoms with E-state index in [-0.39, 0.29) is 6.10 Å². The Bertz CT molecular complexity index is 393. The normalized spacial score (nSPS) is 14.5. The molecule has 0 saturated heterocycles. The fourth-order valence-electron chi connectivity index (χ4n) is 3.45. The maximum absolute atomic E-state index is 11.4. The van der Waals surface area contributed by atoms with Gasteiger partial charge in [-0.1, -0.05) is 96.8 Å². The third kappa shape index (κ3) is 17.3. The van der Waals surface area contributed by atoms with Gasteiger partial charge in [-0.25, -0.2) is 0 Å². The van der Waals surface area contributed by atoms with Crippen molar-refractivity contribution in [3.05, 3.63) is 0 Å². The van der Waals surface area contributed by atoms with Crippen molar-refractivity contribution < 1.29 is 18.1 Å². The molecule has 0 spiro atoms. The first-order valence-corrected chi connectivity index (χ1v) is 12.5. The van der Waals surface area contributed by atoms with Crippen molar-refractivity contribution in [3.63, 3.8) is 0 Å². The first kappa shape index (κ1) is 25.9. The van der Waals surface area contributed by atoms with E-state index < -0.39 is 15.4 Å². The number of hydrogen-bond acceptors (Lipinski definition) is 3. The van der Waals surface area contributed by atoms with E-state index in [9.17, 15) is 18.1 Å². The summed E-state index contributed by atoms with van der Waals surface area (Å²) < 4.78 is 32.0. The Morgan fingerprint density at radius 2 is 1.00 bits per heavy atom. The number of aliphatic hydroxyl groups excluding tert-OH is 1. The van der Waals surface area contributed by atoms with Crippen LogP contribution in [0.2, 0.25) is 0 Å². The van der Waals surface area contributed by atoms with E-state index in [2.05, 4.69) is 0 Å². The summed E-state index contributed by atoms with van der Waals surface area (Å²) in [6.07, 6.45) is 18.4. The van der Waals surface area contributed by atoms with Crippen molar-refractivity contribution in [2.45, 2.75) is 134 Å². The lowest BCUT2D eigenvalue weighted by Gasteiger charge is -2.13. The van der Waals surface area contributed by atoms with Gasteiger partial charge >= 0.3 is 0 Å². The molecule has 2 unspecified atom stereocenters. The van der Waals surface area contributed by atoms with Crippen LogP contribution in [0.25, 0.3) is 0 Å². The largest absolute Gasteiger partial charge is 0.393 e. The molecule has 0 rings (SSSR count). The number of rotatable bonds is 19. The van der Waals surface area contributed by atoms with Gasteiger partial charge in [-0.15, -0.1) is 0 Å². The van der Waals surface area contributed by atoms with Gasteiger partial charge in [0.2, 0.25) is 0 Å². The van der Waals surface area contributed by atoms with E-state index in [1.54, 1.807) is 0 Å². The summed E-state index contributed by atoms with van der Waals surface area (Å²) >= 11 is 0. The van der Waals surface area contributed by atoms with Gasteiger partial charge in [-0.2, -0.15) is 8.42 Å². The highest BCUT2D eigenvalue weighted by molar-refractivity contribution is 7.86. The van der Waals surface area contributed by atoms with Gasteiger partial charge in [0.1, 0.15) is 0 Å². The van der Waals surface area contributed by atoms with Crippen LogP contribution in [-0.4, -0.2) is 29.4 Å². The van der Waals surface area contributed by atoms with Crippen molar-refractivity contribution in [3.8, 4) is 0 Å². The second-order valence-corrected chi connectivity index (χ2v) is 9.64. The van der Waals surface area contributed by atoms with Crippen LogP contribution in [0.15, 0.2) is 0 Å². The lowest BCUT2D eigenvalue weighted by molar-refractivity contribution is 0.180. The van der Waals surface area contributed by atoms with E-state index in [4.69, 9.17) is 0 Å². The van der Waals surface area contributed by atoms with Crippen LogP contribution in [-0.2, 0) is 10.1 Å². The number of aliphatic hydroxyl groups is 1. The average Bonchev–Trinajstić information content (AvgIpc) is 2.56. The first-order chi connectivity index (χ1) is 12.4. The summed E-state index contributed by atoms with van der Waals surface area (Å²) in [5.74, 6) is 0. The SMILES string of the molecule is CCCCC(CCCCCCCCCCCCCCC(C)O)S(=O)(=O)O. The summed E-state index contributed by atoms with van der Waals surface area (Å²) in [4.78, 5) is 0. The van der Waals surface area contributed by atoms with Gasteiger partial charge in [-0.05, 0) is 26.2 Å². The molecular formula is C21H44O4S. The van der Waals surface area contributed by atoms with E-state index in [1.165, 1.54) is 57.8 Å². The molecule has 0 aromatic rings. The topological polar surface area (TPSA) is 74.6 Å². The van der Waals surface area contributed by atoms with Gasteiger partial charge < -0.3 is 5.11 Å². The highest BCUT2D eigenvalue weighted by Gasteiger charge is 2.21. The minimum absolute atomic E-state index is 0.148. The van der Waals surface area contributed by atoms with E-state index in [0.29, 0.717) is 12.8 Å². The van der Waals surface area contributed by atoms with E-state index in [0.717, 1.165) is 38.5 Å². The molecule has 158 valence electrons. The molecular weight excluding hydrogens is 348 g/mol. The molecule has 0 fully saturated rings. The summed E-state index contributed by atoms with van der Waals surface area (Å²) in [7, 11) is -3.87. The molecule has 0 aliphatic heterocycles. The second-order valence-electron chi connectivity index (χ2n) is 7.95. The Morgan fingerprint density at radius 1 is 0.654 bits per heavy atom. The van der Waals surface area contributed by atoms with Gasteiger partial charge in [0.15, 0.2) is 0 Å². The summed E-state index contributed by atoms with van der Waals surface area (Å²) in [5, 5.41) is 8.64. The van der Waals surface area contributed by atoms with Crippen molar-refractivity contribution in [1.29, 1.82) is 0 Å². The molecule has 0 aromatic heterocycles. The molecule has 0 aliphatic rings. The summed E-state index contributed by atoms with van der Waals surface area (Å²) in [6, 6.07) is 0. The molecule has 2 atom stereocenters. The molecule has 0 heterocycles. The third-order valence-corrected chi connectivity index (χ3v) is 6.51. The first-order valence-electron chi connectivity index (χ1n) is 11.0. The van der Waals surface area contributed by atoms with Gasteiger partial charge in [0.05, 0.1) is 11.4 Å². The molecule has 0 bridgehead atoms. The zero-order valence-corrected chi connectivity index (χ0v) is 18.1. The smallest absolute Gasteiger partial charge is 0.267 e. The molecule has 2 N–H and O–H groups in total. The maximum Gasteiger partial charge on any atom is 0.267 e. The lowest BCUT2D eigenvalue weighted by Crippen LogP contribution is -2.20. The van der Waals surface area contributed by atoms with E-state index in [1.807, 2.05) is 13.8 Å². The molecule has 0 amide bonds. The minimum Gasteiger partial charge on any atom is -0.393 e. The Kier molecular flexibility index (Phi) is 16.9. The van der Waals surface area contributed by atoms with Crippen LogP contribution >= 0.6 is 0 Å². The molecule has 4 nitrogen and oxygen atoms in total. The van der Waals surface area contributed by atoms with Crippen LogP contribution in [0, 0.1) is 0 Å². The van der Waals surface area contributed by atoms with E-state index >= 15 is 0 Å². The van der Waals surface area contributed by atoms with Crippen molar-refractivity contribution in [1.82, 2.24) is 0 Å². The predicted octanol–water partition coefficient (Wildman–Crippen LogP) is 6.28. The highest BCUT2D eigenvalue weighted by atomic mass is 32.2. The Morgan fingerprint density at radius 3 is 1.35 bits per heavy atom. The number of hydrogen-bond donors (Lipinski definition) is 2. The molecule has 5 heteroatoms. The monoisotopic (exact) mass is 392 g/mol. The zero-order chi connectivity index (χ0) is 19.7. The third-order valence-electron chi connectivity index (χ3n) is 5.20.